The van der Waals surface area contributed by atoms with Crippen LogP contribution in [-0.2, 0) is 17.8 Å². The molecule has 2 N–H and O–H groups in total. The lowest BCUT2D eigenvalue weighted by Crippen LogP contribution is -2.29. The third-order valence-corrected chi connectivity index (χ3v) is 5.84. The molecular weight excluding hydrogens is 407 g/mol. The summed E-state index contributed by atoms with van der Waals surface area (Å²) in [5, 5.41) is 11.6. The molecule has 0 saturated carbocycles. The molecule has 0 unspecified atom stereocenters. The van der Waals surface area contributed by atoms with Crippen molar-refractivity contribution < 1.29 is 9.18 Å². The summed E-state index contributed by atoms with van der Waals surface area (Å²) >= 11 is 0. The van der Waals surface area contributed by atoms with Crippen molar-refractivity contribution in [3.05, 3.63) is 83.6 Å². The second kappa shape index (κ2) is 8.74. The van der Waals surface area contributed by atoms with Crippen LogP contribution in [0.3, 0.4) is 0 Å². The maximum absolute atomic E-state index is 13.1. The van der Waals surface area contributed by atoms with Gasteiger partial charge in [0.1, 0.15) is 5.82 Å². The van der Waals surface area contributed by atoms with Gasteiger partial charge in [-0.1, -0.05) is 18.2 Å². The highest BCUT2D eigenvalue weighted by molar-refractivity contribution is 5.87. The van der Waals surface area contributed by atoms with Crippen molar-refractivity contribution in [1.82, 2.24) is 25.1 Å². The zero-order chi connectivity index (χ0) is 21.9. The number of likely N-dealkylation sites (tertiary alicyclic amines) is 1. The van der Waals surface area contributed by atoms with Gasteiger partial charge < -0.3 is 10.2 Å². The van der Waals surface area contributed by atoms with Crippen LogP contribution in [-0.4, -0.2) is 44.1 Å². The van der Waals surface area contributed by atoms with Gasteiger partial charge in [-0.2, -0.15) is 5.10 Å². The normalized spacial score (nSPS) is 15.9. The number of H-pyrrole nitrogens is 1. The smallest absolute Gasteiger partial charge is 0.227 e. The predicted octanol–water partition coefficient (Wildman–Crippen LogP) is 3.66. The van der Waals surface area contributed by atoms with Gasteiger partial charge in [-0.25, -0.2) is 9.37 Å². The molecular formula is C24H23FN6O. The van der Waals surface area contributed by atoms with E-state index in [0.717, 1.165) is 40.2 Å². The fourth-order valence-electron chi connectivity index (χ4n) is 4.08. The molecule has 8 heteroatoms. The molecule has 7 nitrogen and oxygen atoms in total. The Kier molecular flexibility index (Phi) is 5.49. The van der Waals surface area contributed by atoms with Crippen LogP contribution in [0.5, 0.6) is 0 Å². The van der Waals surface area contributed by atoms with Crippen molar-refractivity contribution in [3.8, 4) is 0 Å². The Labute approximate surface area is 184 Å². The Hall–Kier alpha value is -3.81. The molecule has 1 aromatic carbocycles. The number of aromatic nitrogens is 4. The predicted molar refractivity (Wildman–Crippen MR) is 119 cm³/mol. The molecule has 4 heterocycles. The number of carbonyl (C=O) groups excluding carboxylic acids is 1. The maximum atomic E-state index is 13.1. The standard InChI is InChI=1S/C24H23FN6O/c25-18-6-4-16(5-7-18)13-22(32)31-12-10-17(15-31)21-9-8-20-23(29-30-24(20)28-21)27-14-19-3-1-2-11-26-19/h1-9,11,17H,10,12-15H2,(H2,27,28,29,30)/t17-/m1/s1. The molecule has 3 aromatic heterocycles. The molecule has 0 spiro atoms. The number of nitrogens with one attached hydrogen (secondary N) is 2. The molecule has 1 fully saturated rings. The Morgan fingerprint density at radius 2 is 2.03 bits per heavy atom. The van der Waals surface area contributed by atoms with Crippen LogP contribution in [0.2, 0.25) is 0 Å². The van der Waals surface area contributed by atoms with E-state index >= 15 is 0 Å². The van der Waals surface area contributed by atoms with E-state index in [4.69, 9.17) is 4.98 Å². The zero-order valence-electron chi connectivity index (χ0n) is 17.5. The third kappa shape index (κ3) is 4.30. The van der Waals surface area contributed by atoms with Gasteiger partial charge in [0.2, 0.25) is 5.91 Å². The summed E-state index contributed by atoms with van der Waals surface area (Å²) in [4.78, 5) is 23.6. The number of hydrogen-bond donors (Lipinski definition) is 2. The van der Waals surface area contributed by atoms with Gasteiger partial charge in [0.05, 0.1) is 24.0 Å². The first kappa shape index (κ1) is 20.1. The molecule has 0 radical (unpaired) electrons. The van der Waals surface area contributed by atoms with Gasteiger partial charge in [-0.05, 0) is 48.4 Å². The number of nitrogens with zero attached hydrogens (tertiary/aromatic N) is 4. The highest BCUT2D eigenvalue weighted by atomic mass is 19.1. The van der Waals surface area contributed by atoms with Crippen molar-refractivity contribution in [2.75, 3.05) is 18.4 Å². The highest BCUT2D eigenvalue weighted by Gasteiger charge is 2.28. The Bertz CT molecular complexity index is 1220. The molecule has 1 saturated heterocycles. The van der Waals surface area contributed by atoms with Crippen molar-refractivity contribution in [2.24, 2.45) is 0 Å². The van der Waals surface area contributed by atoms with Gasteiger partial charge in [0, 0.05) is 30.9 Å². The van der Waals surface area contributed by atoms with Crippen LogP contribution < -0.4 is 5.32 Å². The Morgan fingerprint density at radius 1 is 1.16 bits per heavy atom. The van der Waals surface area contributed by atoms with Crippen LogP contribution in [0, 0.1) is 5.82 Å². The fraction of sp³-hybridized carbons (Fsp3) is 0.250. The number of carbonyl (C=O) groups is 1. The first-order valence-electron chi connectivity index (χ1n) is 10.7. The van der Waals surface area contributed by atoms with E-state index in [1.165, 1.54) is 12.1 Å². The van der Waals surface area contributed by atoms with Crippen molar-refractivity contribution in [1.29, 1.82) is 0 Å². The molecule has 162 valence electrons. The topological polar surface area (TPSA) is 86.8 Å². The number of rotatable bonds is 6. The van der Waals surface area contributed by atoms with Crippen LogP contribution in [0.15, 0.2) is 60.8 Å². The van der Waals surface area contributed by atoms with Crippen LogP contribution in [0.1, 0.15) is 29.3 Å². The first-order chi connectivity index (χ1) is 15.7. The molecule has 1 aliphatic heterocycles. The number of hydrogen-bond acceptors (Lipinski definition) is 5. The van der Waals surface area contributed by atoms with Crippen molar-refractivity contribution in [3.63, 3.8) is 0 Å². The number of pyridine rings is 2. The maximum Gasteiger partial charge on any atom is 0.227 e. The number of anilines is 1. The summed E-state index contributed by atoms with van der Waals surface area (Å²) < 4.78 is 13.1. The van der Waals surface area contributed by atoms with Gasteiger partial charge in [-0.3, -0.25) is 14.9 Å². The van der Waals surface area contributed by atoms with Crippen LogP contribution >= 0.6 is 0 Å². The lowest BCUT2D eigenvalue weighted by molar-refractivity contribution is -0.129. The minimum Gasteiger partial charge on any atom is -0.362 e. The van der Waals surface area contributed by atoms with Gasteiger partial charge in [0.15, 0.2) is 11.5 Å². The molecule has 1 amide bonds. The average Bonchev–Trinajstić information content (AvgIpc) is 3.47. The number of halogens is 1. The zero-order valence-corrected chi connectivity index (χ0v) is 17.5. The average molecular weight is 430 g/mol. The lowest BCUT2D eigenvalue weighted by atomic mass is 10.0. The second-order valence-corrected chi connectivity index (χ2v) is 8.01. The van der Waals surface area contributed by atoms with Crippen LogP contribution in [0.25, 0.3) is 11.0 Å². The highest BCUT2D eigenvalue weighted by Crippen LogP contribution is 2.29. The third-order valence-electron chi connectivity index (χ3n) is 5.84. The second-order valence-electron chi connectivity index (χ2n) is 8.01. The van der Waals surface area contributed by atoms with Crippen LogP contribution in [0.4, 0.5) is 10.2 Å². The summed E-state index contributed by atoms with van der Waals surface area (Å²) in [6.45, 7) is 1.91. The summed E-state index contributed by atoms with van der Waals surface area (Å²) in [7, 11) is 0. The van der Waals surface area contributed by atoms with E-state index < -0.39 is 0 Å². The number of benzene rings is 1. The monoisotopic (exact) mass is 430 g/mol. The summed E-state index contributed by atoms with van der Waals surface area (Å²) in [5.41, 5.74) is 3.43. The molecule has 0 aliphatic carbocycles. The molecule has 4 aromatic rings. The SMILES string of the molecule is O=C(Cc1ccc(F)cc1)N1CC[C@@H](c2ccc3c(NCc4ccccn4)n[nH]c3n2)C1. The Morgan fingerprint density at radius 3 is 2.84 bits per heavy atom. The van der Waals surface area contributed by atoms with Gasteiger partial charge >= 0.3 is 0 Å². The molecule has 32 heavy (non-hydrogen) atoms. The number of aromatic amines is 1. The van der Waals surface area contributed by atoms with E-state index in [0.29, 0.717) is 19.6 Å². The molecule has 5 rings (SSSR count). The van der Waals surface area contributed by atoms with E-state index in [2.05, 4.69) is 20.5 Å². The summed E-state index contributed by atoms with van der Waals surface area (Å²) in [5.74, 6) is 0.692. The van der Waals surface area contributed by atoms with E-state index in [9.17, 15) is 9.18 Å². The van der Waals surface area contributed by atoms with E-state index in [1.54, 1.807) is 18.3 Å². The van der Waals surface area contributed by atoms with Crippen molar-refractivity contribution >= 4 is 22.8 Å². The summed E-state index contributed by atoms with van der Waals surface area (Å²) in [6, 6.07) is 15.9. The van der Waals surface area contributed by atoms with Gasteiger partial charge in [0.25, 0.3) is 0 Å². The quantitative estimate of drug-likeness (QED) is 0.488. The minimum absolute atomic E-state index is 0.0581. The lowest BCUT2D eigenvalue weighted by Gasteiger charge is -2.16. The largest absolute Gasteiger partial charge is 0.362 e. The molecule has 1 aliphatic rings. The van der Waals surface area contributed by atoms with E-state index in [1.807, 2.05) is 35.2 Å². The summed E-state index contributed by atoms with van der Waals surface area (Å²) in [6.07, 6.45) is 2.92. The van der Waals surface area contributed by atoms with Gasteiger partial charge in [-0.15, -0.1) is 0 Å². The van der Waals surface area contributed by atoms with E-state index in [-0.39, 0.29) is 24.1 Å². The first-order valence-corrected chi connectivity index (χ1v) is 10.7. The molecule has 0 bridgehead atoms. The number of amides is 1. The van der Waals surface area contributed by atoms with Crippen molar-refractivity contribution in [2.45, 2.75) is 25.3 Å². The fourth-order valence-corrected chi connectivity index (χ4v) is 4.08. The Balaban J connectivity index is 1.23. The minimum atomic E-state index is -0.294. The molecule has 1 atom stereocenters. The number of fused-ring (bicyclic) bond motifs is 1.